The van der Waals surface area contributed by atoms with Gasteiger partial charge in [-0.2, -0.15) is 0 Å². The highest BCUT2D eigenvalue weighted by molar-refractivity contribution is 7.17. The molecule has 1 aliphatic rings. The molecule has 0 atom stereocenters. The first-order chi connectivity index (χ1) is 14.9. The predicted octanol–water partition coefficient (Wildman–Crippen LogP) is 4.37. The van der Waals surface area contributed by atoms with Gasteiger partial charge in [0.05, 0.1) is 17.7 Å². The number of nitrogens with one attached hydrogen (secondary N) is 1. The molecule has 0 spiro atoms. The average Bonchev–Trinajstić information content (AvgIpc) is 3.09. The van der Waals surface area contributed by atoms with Crippen molar-refractivity contribution in [3.8, 4) is 0 Å². The van der Waals surface area contributed by atoms with Crippen LogP contribution in [0.25, 0.3) is 10.9 Å². The third kappa shape index (κ3) is 4.02. The fourth-order valence-corrected chi connectivity index (χ4v) is 5.62. The van der Waals surface area contributed by atoms with E-state index in [0.29, 0.717) is 10.6 Å². The molecule has 0 bridgehead atoms. The fourth-order valence-electron chi connectivity index (χ4n) is 4.33. The van der Waals surface area contributed by atoms with Gasteiger partial charge in [-0.15, -0.1) is 11.3 Å². The lowest BCUT2D eigenvalue weighted by Crippen LogP contribution is -2.28. The molecule has 1 aromatic carbocycles. The number of carbonyl (C=O) groups is 2. The van der Waals surface area contributed by atoms with Gasteiger partial charge in [-0.05, 0) is 63.1 Å². The zero-order chi connectivity index (χ0) is 22.1. The summed E-state index contributed by atoms with van der Waals surface area (Å²) in [6.45, 7) is 5.76. The molecule has 4 rings (SSSR count). The van der Waals surface area contributed by atoms with E-state index in [4.69, 9.17) is 4.74 Å². The standard InChI is InChI=1S/C24H26N2O4S/c1-4-30-24(29)21-17-9-5-6-11-18(17)31-23(21)25-19(27)13-26-20(28)12-15(3)16-10-7-8-14(2)22(16)26/h7-8,10,12H,4-6,9,11,13H2,1-3H3,(H,25,27). The lowest BCUT2D eigenvalue weighted by Gasteiger charge is -2.14. The van der Waals surface area contributed by atoms with Gasteiger partial charge in [0, 0.05) is 16.3 Å². The Balaban J connectivity index is 1.69. The summed E-state index contributed by atoms with van der Waals surface area (Å²) in [6, 6.07) is 7.39. The van der Waals surface area contributed by atoms with Crippen molar-refractivity contribution in [1.82, 2.24) is 4.57 Å². The Labute approximate surface area is 184 Å². The molecule has 2 aromatic heterocycles. The van der Waals surface area contributed by atoms with Crippen LogP contribution in [0.15, 0.2) is 29.1 Å². The summed E-state index contributed by atoms with van der Waals surface area (Å²) in [5, 5.41) is 4.38. The molecule has 6 nitrogen and oxygen atoms in total. The molecule has 3 aromatic rings. The smallest absolute Gasteiger partial charge is 0.341 e. The van der Waals surface area contributed by atoms with E-state index in [1.54, 1.807) is 13.0 Å². The molecule has 31 heavy (non-hydrogen) atoms. The lowest BCUT2D eigenvalue weighted by atomic mass is 9.95. The Morgan fingerprint density at radius 1 is 1.16 bits per heavy atom. The van der Waals surface area contributed by atoms with Crippen LogP contribution in [0, 0.1) is 13.8 Å². The number of amides is 1. The van der Waals surface area contributed by atoms with E-state index in [0.717, 1.165) is 58.2 Å². The van der Waals surface area contributed by atoms with E-state index < -0.39 is 5.97 Å². The van der Waals surface area contributed by atoms with E-state index in [2.05, 4.69) is 5.32 Å². The van der Waals surface area contributed by atoms with Crippen LogP contribution < -0.4 is 10.9 Å². The average molecular weight is 439 g/mol. The van der Waals surface area contributed by atoms with Crippen molar-refractivity contribution in [2.45, 2.75) is 53.0 Å². The maximum atomic E-state index is 13.0. The van der Waals surface area contributed by atoms with Gasteiger partial charge in [-0.25, -0.2) is 4.79 Å². The summed E-state index contributed by atoms with van der Waals surface area (Å²) in [5.41, 5.74) is 3.84. The maximum Gasteiger partial charge on any atom is 0.341 e. The molecular weight excluding hydrogens is 412 g/mol. The molecule has 1 N–H and O–H groups in total. The lowest BCUT2D eigenvalue weighted by molar-refractivity contribution is -0.116. The van der Waals surface area contributed by atoms with Crippen molar-refractivity contribution >= 4 is 39.1 Å². The molecule has 1 amide bonds. The minimum absolute atomic E-state index is 0.120. The number of hydrogen-bond donors (Lipinski definition) is 1. The first kappa shape index (κ1) is 21.3. The van der Waals surface area contributed by atoms with E-state index in [1.807, 2.05) is 32.0 Å². The zero-order valence-electron chi connectivity index (χ0n) is 18.0. The zero-order valence-corrected chi connectivity index (χ0v) is 18.9. The number of benzene rings is 1. The molecule has 162 valence electrons. The van der Waals surface area contributed by atoms with Crippen molar-refractivity contribution in [3.63, 3.8) is 0 Å². The number of anilines is 1. The van der Waals surface area contributed by atoms with Gasteiger partial charge in [0.2, 0.25) is 5.91 Å². The topological polar surface area (TPSA) is 77.4 Å². The van der Waals surface area contributed by atoms with Gasteiger partial charge in [0.15, 0.2) is 0 Å². The predicted molar refractivity (Wildman–Crippen MR) is 123 cm³/mol. The molecule has 0 aliphatic heterocycles. The van der Waals surface area contributed by atoms with Gasteiger partial charge in [0.25, 0.3) is 5.56 Å². The quantitative estimate of drug-likeness (QED) is 0.600. The van der Waals surface area contributed by atoms with Crippen molar-refractivity contribution < 1.29 is 14.3 Å². The summed E-state index contributed by atoms with van der Waals surface area (Å²) in [4.78, 5) is 39.5. The van der Waals surface area contributed by atoms with Crippen LogP contribution in [-0.4, -0.2) is 23.1 Å². The Morgan fingerprint density at radius 2 is 1.94 bits per heavy atom. The second kappa shape index (κ2) is 8.67. The first-order valence-corrected chi connectivity index (χ1v) is 11.4. The number of aromatic nitrogens is 1. The highest BCUT2D eigenvalue weighted by Crippen LogP contribution is 2.38. The summed E-state index contributed by atoms with van der Waals surface area (Å²) < 4.78 is 6.76. The fraction of sp³-hybridized carbons (Fsp3) is 0.375. The molecule has 2 heterocycles. The van der Waals surface area contributed by atoms with Crippen LogP contribution in [0.2, 0.25) is 0 Å². The van der Waals surface area contributed by atoms with E-state index in [1.165, 1.54) is 15.9 Å². The third-order valence-corrected chi connectivity index (χ3v) is 6.95. The van der Waals surface area contributed by atoms with Crippen LogP contribution in [0.5, 0.6) is 0 Å². The minimum Gasteiger partial charge on any atom is -0.462 e. The van der Waals surface area contributed by atoms with Crippen LogP contribution in [0.1, 0.15) is 51.7 Å². The maximum absolute atomic E-state index is 13.0. The number of esters is 1. The van der Waals surface area contributed by atoms with Crippen molar-refractivity contribution in [2.24, 2.45) is 0 Å². The number of nitrogens with zero attached hydrogens (tertiary/aromatic N) is 1. The number of rotatable bonds is 5. The third-order valence-electron chi connectivity index (χ3n) is 5.74. The van der Waals surface area contributed by atoms with Crippen LogP contribution in [-0.2, 0) is 28.9 Å². The highest BCUT2D eigenvalue weighted by Gasteiger charge is 2.27. The SMILES string of the molecule is CCOC(=O)c1c(NC(=O)Cn2c(=O)cc(C)c3cccc(C)c32)sc2c1CCCC2. The van der Waals surface area contributed by atoms with Gasteiger partial charge in [-0.3, -0.25) is 14.2 Å². The largest absolute Gasteiger partial charge is 0.462 e. The Kier molecular flexibility index (Phi) is 5.96. The normalized spacial score (nSPS) is 13.1. The van der Waals surface area contributed by atoms with Gasteiger partial charge < -0.3 is 10.1 Å². The second-order valence-corrected chi connectivity index (χ2v) is 9.01. The summed E-state index contributed by atoms with van der Waals surface area (Å²) in [5.74, 6) is -0.731. The van der Waals surface area contributed by atoms with Crippen LogP contribution >= 0.6 is 11.3 Å². The van der Waals surface area contributed by atoms with E-state index >= 15 is 0 Å². The van der Waals surface area contributed by atoms with Gasteiger partial charge in [-0.1, -0.05) is 18.2 Å². The number of aryl methyl sites for hydroxylation is 3. The minimum atomic E-state index is -0.397. The number of pyridine rings is 1. The van der Waals surface area contributed by atoms with Crippen LogP contribution in [0.3, 0.4) is 0 Å². The number of thiophene rings is 1. The molecule has 0 saturated carbocycles. The highest BCUT2D eigenvalue weighted by atomic mass is 32.1. The Morgan fingerprint density at radius 3 is 2.71 bits per heavy atom. The van der Waals surface area contributed by atoms with Crippen molar-refractivity contribution in [3.05, 3.63) is 61.8 Å². The van der Waals surface area contributed by atoms with E-state index in [9.17, 15) is 14.4 Å². The van der Waals surface area contributed by atoms with Crippen LogP contribution in [0.4, 0.5) is 5.00 Å². The number of para-hydroxylation sites is 1. The number of ether oxygens (including phenoxy) is 1. The molecule has 1 aliphatic carbocycles. The molecule has 0 unspecified atom stereocenters. The molecule has 0 saturated heterocycles. The summed E-state index contributed by atoms with van der Waals surface area (Å²) >= 11 is 1.45. The van der Waals surface area contributed by atoms with Crippen molar-refractivity contribution in [2.75, 3.05) is 11.9 Å². The summed E-state index contributed by atoms with van der Waals surface area (Å²) in [7, 11) is 0. The number of carbonyl (C=O) groups excluding carboxylic acids is 2. The number of hydrogen-bond acceptors (Lipinski definition) is 5. The van der Waals surface area contributed by atoms with E-state index in [-0.39, 0.29) is 24.6 Å². The molecule has 7 heteroatoms. The Hall–Kier alpha value is -2.93. The van der Waals surface area contributed by atoms with Crippen molar-refractivity contribution in [1.29, 1.82) is 0 Å². The molecule has 0 radical (unpaired) electrons. The summed E-state index contributed by atoms with van der Waals surface area (Å²) in [6.07, 6.45) is 3.82. The Bertz CT molecular complexity index is 1240. The number of fused-ring (bicyclic) bond motifs is 2. The molecule has 0 fully saturated rings. The van der Waals surface area contributed by atoms with Gasteiger partial charge >= 0.3 is 5.97 Å². The molecular formula is C24H26N2O4S. The van der Waals surface area contributed by atoms with Gasteiger partial charge in [0.1, 0.15) is 11.5 Å². The second-order valence-electron chi connectivity index (χ2n) is 7.91. The first-order valence-electron chi connectivity index (χ1n) is 10.6. The monoisotopic (exact) mass is 438 g/mol.